The van der Waals surface area contributed by atoms with Crippen LogP contribution in [0.15, 0.2) is 42.5 Å². The summed E-state index contributed by atoms with van der Waals surface area (Å²) >= 11 is 6.51. The molecule has 0 aliphatic rings. The number of carbonyl (C=O) groups excluding carboxylic acids is 1. The Bertz CT molecular complexity index is 1700. The van der Waals surface area contributed by atoms with Crippen LogP contribution in [-0.4, -0.2) is 37.2 Å². The summed E-state index contributed by atoms with van der Waals surface area (Å²) in [5, 5.41) is 18.5. The zero-order chi connectivity index (χ0) is 31.0. The van der Waals surface area contributed by atoms with Gasteiger partial charge in [0.1, 0.15) is 22.7 Å². The number of pyridine rings is 1. The molecule has 0 saturated heterocycles. The number of alkyl carbamates (subject to hydrolysis) is 1. The standard InChI is InChI=1S/C32H35ClFN5O3/c1-18-14-19(16-20(34)15-18)17-25(37-30(40)42-31(2,3)4)27-22(9-8-21(36-27)12-13-32(5,6)41)23-10-11-24(33)26-28(23)39(7)38-29(26)35/h8-11,14-16,25,41H,17H2,1-7H3,(H2,35,38)(H,37,40)/t25-/m0/s1. The van der Waals surface area contributed by atoms with Crippen molar-refractivity contribution in [1.29, 1.82) is 0 Å². The first-order chi connectivity index (χ1) is 19.5. The summed E-state index contributed by atoms with van der Waals surface area (Å²) < 4.78 is 21.7. The van der Waals surface area contributed by atoms with E-state index in [2.05, 4.69) is 22.3 Å². The Morgan fingerprint density at radius 2 is 1.86 bits per heavy atom. The van der Waals surface area contributed by atoms with Gasteiger partial charge in [-0.05, 0) is 95.3 Å². The predicted molar refractivity (Wildman–Crippen MR) is 163 cm³/mol. The van der Waals surface area contributed by atoms with Crippen molar-refractivity contribution in [2.75, 3.05) is 5.73 Å². The number of aliphatic hydroxyl groups is 1. The minimum absolute atomic E-state index is 0.199. The SMILES string of the molecule is Cc1cc(F)cc(C[C@H](NC(=O)OC(C)(C)C)c2nc(C#CC(C)(C)O)ccc2-c2ccc(Cl)c3c(N)nn(C)c23)c1. The highest BCUT2D eigenvalue weighted by molar-refractivity contribution is 6.37. The van der Waals surface area contributed by atoms with Gasteiger partial charge < -0.3 is 20.9 Å². The number of ether oxygens (including phenoxy) is 1. The van der Waals surface area contributed by atoms with Gasteiger partial charge in [-0.2, -0.15) is 5.10 Å². The molecule has 4 N–H and O–H groups in total. The molecule has 2 heterocycles. The fraction of sp³-hybridized carbons (Fsp3) is 0.344. The zero-order valence-electron chi connectivity index (χ0n) is 24.8. The van der Waals surface area contributed by atoms with Gasteiger partial charge in [0.05, 0.1) is 27.7 Å². The zero-order valence-corrected chi connectivity index (χ0v) is 25.5. The Morgan fingerprint density at radius 1 is 1.17 bits per heavy atom. The molecule has 42 heavy (non-hydrogen) atoms. The van der Waals surface area contributed by atoms with E-state index < -0.39 is 23.3 Å². The van der Waals surface area contributed by atoms with Crippen LogP contribution in [0.1, 0.15) is 63.2 Å². The number of anilines is 1. The third-order valence-electron chi connectivity index (χ3n) is 6.24. The molecule has 4 rings (SSSR count). The van der Waals surface area contributed by atoms with E-state index >= 15 is 0 Å². The summed E-state index contributed by atoms with van der Waals surface area (Å²) in [6, 6.07) is 11.1. The molecule has 1 amide bonds. The van der Waals surface area contributed by atoms with Crippen LogP contribution >= 0.6 is 11.6 Å². The first kappa shape index (κ1) is 30.8. The van der Waals surface area contributed by atoms with E-state index in [-0.39, 0.29) is 18.1 Å². The minimum atomic E-state index is -1.25. The number of benzene rings is 2. The molecule has 10 heteroatoms. The first-order valence-corrected chi connectivity index (χ1v) is 13.8. The number of rotatable bonds is 5. The maximum Gasteiger partial charge on any atom is 0.408 e. The highest BCUT2D eigenvalue weighted by atomic mass is 35.5. The van der Waals surface area contributed by atoms with Gasteiger partial charge in [0.2, 0.25) is 0 Å². The van der Waals surface area contributed by atoms with Crippen molar-refractivity contribution in [3.05, 3.63) is 75.8 Å². The first-order valence-electron chi connectivity index (χ1n) is 13.4. The Balaban J connectivity index is 1.98. The summed E-state index contributed by atoms with van der Waals surface area (Å²) in [7, 11) is 1.76. The van der Waals surface area contributed by atoms with E-state index in [1.165, 1.54) is 12.1 Å². The average Bonchev–Trinajstić information content (AvgIpc) is 3.15. The third kappa shape index (κ3) is 7.38. The highest BCUT2D eigenvalue weighted by Crippen LogP contribution is 2.39. The van der Waals surface area contributed by atoms with E-state index in [0.29, 0.717) is 38.4 Å². The molecule has 0 unspecified atom stereocenters. The number of fused-ring (bicyclic) bond motifs is 1. The number of nitrogens with one attached hydrogen (secondary N) is 1. The summed E-state index contributed by atoms with van der Waals surface area (Å²) in [5.41, 5.74) is 8.47. The second-order valence-corrected chi connectivity index (χ2v) is 12.2. The molecule has 0 saturated carbocycles. The number of hydrogen-bond donors (Lipinski definition) is 3. The van der Waals surface area contributed by atoms with Crippen molar-refractivity contribution in [2.24, 2.45) is 7.05 Å². The number of halogens is 2. The lowest BCUT2D eigenvalue weighted by Gasteiger charge is -2.25. The number of nitrogen functional groups attached to an aromatic ring is 1. The van der Waals surface area contributed by atoms with Crippen molar-refractivity contribution in [2.45, 2.75) is 65.2 Å². The molecule has 0 bridgehead atoms. The number of nitrogens with zero attached hydrogens (tertiary/aromatic N) is 3. The average molecular weight is 592 g/mol. The molecular weight excluding hydrogens is 557 g/mol. The number of hydrogen-bond acceptors (Lipinski definition) is 6. The smallest absolute Gasteiger partial charge is 0.408 e. The summed E-state index contributed by atoms with van der Waals surface area (Å²) in [4.78, 5) is 18.0. The summed E-state index contributed by atoms with van der Waals surface area (Å²) in [6.07, 6.45) is -0.461. The molecule has 220 valence electrons. The van der Waals surface area contributed by atoms with Gasteiger partial charge in [-0.1, -0.05) is 29.7 Å². The highest BCUT2D eigenvalue weighted by Gasteiger charge is 2.27. The molecule has 4 aromatic rings. The van der Waals surface area contributed by atoms with Gasteiger partial charge in [0, 0.05) is 18.2 Å². The van der Waals surface area contributed by atoms with Crippen LogP contribution in [0.5, 0.6) is 0 Å². The molecule has 1 atom stereocenters. The van der Waals surface area contributed by atoms with Gasteiger partial charge in [0.25, 0.3) is 0 Å². The molecule has 0 aliphatic carbocycles. The molecule has 8 nitrogen and oxygen atoms in total. The van der Waals surface area contributed by atoms with E-state index in [4.69, 9.17) is 27.1 Å². The van der Waals surface area contributed by atoms with Crippen molar-refractivity contribution in [3.8, 4) is 23.0 Å². The van der Waals surface area contributed by atoms with Gasteiger partial charge in [-0.3, -0.25) is 4.68 Å². The van der Waals surface area contributed by atoms with E-state index in [1.807, 2.05) is 18.2 Å². The fourth-order valence-electron chi connectivity index (χ4n) is 4.71. The van der Waals surface area contributed by atoms with Crippen molar-refractivity contribution in [3.63, 3.8) is 0 Å². The second kappa shape index (κ2) is 11.6. The van der Waals surface area contributed by atoms with Gasteiger partial charge >= 0.3 is 6.09 Å². The molecule has 0 spiro atoms. The fourth-order valence-corrected chi connectivity index (χ4v) is 4.96. The minimum Gasteiger partial charge on any atom is -0.444 e. The van der Waals surface area contributed by atoms with Crippen LogP contribution in [0, 0.1) is 24.6 Å². The quantitative estimate of drug-likeness (QED) is 0.236. The molecule has 2 aromatic carbocycles. The Labute approximate surface area is 250 Å². The third-order valence-corrected chi connectivity index (χ3v) is 6.55. The maximum absolute atomic E-state index is 14.4. The van der Waals surface area contributed by atoms with Crippen LogP contribution in [0.4, 0.5) is 15.0 Å². The largest absolute Gasteiger partial charge is 0.444 e. The van der Waals surface area contributed by atoms with Crippen LogP contribution in [-0.2, 0) is 18.2 Å². The monoisotopic (exact) mass is 591 g/mol. The Hall–Kier alpha value is -4.13. The lowest BCUT2D eigenvalue weighted by molar-refractivity contribution is 0.0502. The molecule has 2 aromatic heterocycles. The van der Waals surface area contributed by atoms with Crippen LogP contribution in [0.2, 0.25) is 5.02 Å². The number of carbonyl (C=O) groups is 1. The lowest BCUT2D eigenvalue weighted by atomic mass is 9.93. The van der Waals surface area contributed by atoms with Crippen LogP contribution < -0.4 is 11.1 Å². The predicted octanol–water partition coefficient (Wildman–Crippen LogP) is 6.25. The summed E-state index contributed by atoms with van der Waals surface area (Å²) in [5.74, 6) is 5.60. The topological polar surface area (TPSA) is 115 Å². The maximum atomic E-state index is 14.4. The normalized spacial score (nSPS) is 12.5. The molecule has 0 radical (unpaired) electrons. The molecule has 0 fully saturated rings. The Morgan fingerprint density at radius 3 is 2.50 bits per heavy atom. The van der Waals surface area contributed by atoms with Gasteiger partial charge in [-0.25, -0.2) is 14.2 Å². The van der Waals surface area contributed by atoms with Crippen molar-refractivity contribution >= 4 is 34.4 Å². The van der Waals surface area contributed by atoms with E-state index in [9.17, 15) is 14.3 Å². The van der Waals surface area contributed by atoms with E-state index in [0.717, 1.165) is 11.1 Å². The van der Waals surface area contributed by atoms with Crippen molar-refractivity contribution in [1.82, 2.24) is 20.1 Å². The van der Waals surface area contributed by atoms with Gasteiger partial charge in [0.15, 0.2) is 5.82 Å². The molecular formula is C32H35ClFN5O3. The summed E-state index contributed by atoms with van der Waals surface area (Å²) in [6.45, 7) is 10.3. The molecule has 0 aliphatic heterocycles. The van der Waals surface area contributed by atoms with Crippen molar-refractivity contribution < 1.29 is 19.0 Å². The number of aromatic nitrogens is 3. The van der Waals surface area contributed by atoms with E-state index in [1.54, 1.807) is 65.4 Å². The van der Waals surface area contributed by atoms with Crippen LogP contribution in [0.25, 0.3) is 22.0 Å². The number of aryl methyl sites for hydroxylation is 2. The van der Waals surface area contributed by atoms with Crippen LogP contribution in [0.3, 0.4) is 0 Å². The number of amides is 1. The number of nitrogens with two attached hydrogens (primary N) is 1. The Kier molecular flexibility index (Phi) is 8.53. The lowest BCUT2D eigenvalue weighted by Crippen LogP contribution is -2.36. The second-order valence-electron chi connectivity index (χ2n) is 11.8. The van der Waals surface area contributed by atoms with Gasteiger partial charge in [-0.15, -0.1) is 0 Å².